The number of rotatable bonds is 6. The number of anilines is 2. The lowest BCUT2D eigenvalue weighted by molar-refractivity contribution is -0.117. The van der Waals surface area contributed by atoms with E-state index in [-0.39, 0.29) is 11.8 Å². The summed E-state index contributed by atoms with van der Waals surface area (Å²) in [6, 6.07) is 20.2. The number of imidazole rings is 1. The molecule has 2 amide bonds. The lowest BCUT2D eigenvalue weighted by Crippen LogP contribution is -2.24. The van der Waals surface area contributed by atoms with Crippen molar-refractivity contribution in [3.8, 4) is 5.75 Å². The number of aromatic nitrogens is 2. The Morgan fingerprint density at radius 3 is 2.81 bits per heavy atom. The molecule has 1 saturated heterocycles. The maximum Gasteiger partial charge on any atom is 0.255 e. The molecule has 0 saturated carbocycles. The molecule has 0 aliphatic carbocycles. The van der Waals surface area contributed by atoms with E-state index in [0.717, 1.165) is 23.4 Å². The van der Waals surface area contributed by atoms with Crippen LogP contribution >= 0.6 is 0 Å². The molecule has 7 heteroatoms. The molecule has 2 aromatic heterocycles. The zero-order valence-corrected chi connectivity index (χ0v) is 17.4. The standard InChI is InChI=1S/C25H22N4O3/c30-24-11-5-13-29(24)21-8-3-6-18(14-21)25(31)27-19-7-4-9-22(15-19)32-17-20-16-28-12-2-1-10-23(28)26-20/h1-4,6-10,12,14-16H,5,11,13,17H2,(H,27,31). The van der Waals surface area contributed by atoms with Gasteiger partial charge in [-0.05, 0) is 48.9 Å². The highest BCUT2D eigenvalue weighted by atomic mass is 16.5. The first-order valence-corrected chi connectivity index (χ1v) is 10.5. The maximum atomic E-state index is 12.8. The largest absolute Gasteiger partial charge is 0.487 e. The van der Waals surface area contributed by atoms with Crippen molar-refractivity contribution in [2.45, 2.75) is 19.4 Å². The summed E-state index contributed by atoms with van der Waals surface area (Å²) >= 11 is 0. The Labute approximate surface area is 185 Å². The molecule has 1 aliphatic rings. The van der Waals surface area contributed by atoms with Crippen LogP contribution in [-0.2, 0) is 11.4 Å². The zero-order valence-electron chi connectivity index (χ0n) is 17.4. The summed E-state index contributed by atoms with van der Waals surface area (Å²) in [5.41, 5.74) is 3.57. The molecule has 0 spiro atoms. The third kappa shape index (κ3) is 4.18. The molecule has 0 atom stereocenters. The average Bonchev–Trinajstić information content (AvgIpc) is 3.43. The van der Waals surface area contributed by atoms with Gasteiger partial charge in [-0.25, -0.2) is 4.98 Å². The van der Waals surface area contributed by atoms with Gasteiger partial charge in [0.15, 0.2) is 0 Å². The van der Waals surface area contributed by atoms with Crippen LogP contribution < -0.4 is 15.0 Å². The number of pyridine rings is 1. The molecular formula is C25H22N4O3. The number of carbonyl (C=O) groups excluding carboxylic acids is 2. The summed E-state index contributed by atoms with van der Waals surface area (Å²) in [7, 11) is 0. The summed E-state index contributed by atoms with van der Waals surface area (Å²) in [5.74, 6) is 0.491. The first kappa shape index (κ1) is 19.8. The molecule has 1 aliphatic heterocycles. The zero-order chi connectivity index (χ0) is 21.9. The topological polar surface area (TPSA) is 75.9 Å². The minimum Gasteiger partial charge on any atom is -0.487 e. The molecule has 4 aromatic rings. The SMILES string of the molecule is O=C(Nc1cccc(OCc2cn3ccccc3n2)c1)c1cccc(N2CCCC2=O)c1. The Bertz CT molecular complexity index is 1260. The fourth-order valence-electron chi connectivity index (χ4n) is 3.82. The van der Waals surface area contributed by atoms with Gasteiger partial charge in [0.05, 0.1) is 5.69 Å². The smallest absolute Gasteiger partial charge is 0.255 e. The quantitative estimate of drug-likeness (QED) is 0.499. The minimum absolute atomic E-state index is 0.0954. The van der Waals surface area contributed by atoms with Crippen LogP contribution in [0.25, 0.3) is 5.65 Å². The van der Waals surface area contributed by atoms with Crippen LogP contribution in [0.3, 0.4) is 0 Å². The molecule has 32 heavy (non-hydrogen) atoms. The van der Waals surface area contributed by atoms with E-state index in [1.54, 1.807) is 29.2 Å². The van der Waals surface area contributed by atoms with Crippen molar-refractivity contribution < 1.29 is 14.3 Å². The molecule has 3 heterocycles. The molecule has 7 nitrogen and oxygen atoms in total. The summed E-state index contributed by atoms with van der Waals surface area (Å²) in [5, 5.41) is 2.91. The second-order valence-corrected chi connectivity index (χ2v) is 7.67. The first-order valence-electron chi connectivity index (χ1n) is 10.5. The van der Waals surface area contributed by atoms with Crippen molar-refractivity contribution in [3.05, 3.63) is 90.4 Å². The van der Waals surface area contributed by atoms with Crippen LogP contribution in [0, 0.1) is 0 Å². The van der Waals surface area contributed by atoms with Crippen LogP contribution in [0.1, 0.15) is 28.9 Å². The van der Waals surface area contributed by atoms with Gasteiger partial charge in [-0.2, -0.15) is 0 Å². The van der Waals surface area contributed by atoms with E-state index in [2.05, 4.69) is 10.3 Å². The Kier molecular flexibility index (Phi) is 5.29. The van der Waals surface area contributed by atoms with Crippen molar-refractivity contribution in [1.82, 2.24) is 9.38 Å². The maximum absolute atomic E-state index is 12.8. The van der Waals surface area contributed by atoms with Crippen molar-refractivity contribution in [2.75, 3.05) is 16.8 Å². The molecular weight excluding hydrogens is 404 g/mol. The van der Waals surface area contributed by atoms with Gasteiger partial charge < -0.3 is 19.4 Å². The van der Waals surface area contributed by atoms with E-state index in [4.69, 9.17) is 4.74 Å². The minimum atomic E-state index is -0.240. The predicted molar refractivity (Wildman–Crippen MR) is 122 cm³/mol. The number of carbonyl (C=O) groups is 2. The summed E-state index contributed by atoms with van der Waals surface area (Å²) in [6.45, 7) is 1.01. The van der Waals surface area contributed by atoms with Crippen LogP contribution in [0.5, 0.6) is 5.75 Å². The molecule has 1 N–H and O–H groups in total. The molecule has 1 fully saturated rings. The van der Waals surface area contributed by atoms with Gasteiger partial charge in [-0.15, -0.1) is 0 Å². The Morgan fingerprint density at radius 1 is 1.06 bits per heavy atom. The van der Waals surface area contributed by atoms with Crippen LogP contribution in [-0.4, -0.2) is 27.7 Å². The normalized spacial score (nSPS) is 13.5. The fourth-order valence-corrected chi connectivity index (χ4v) is 3.82. The molecule has 2 aromatic carbocycles. The van der Waals surface area contributed by atoms with Gasteiger partial charge in [0.25, 0.3) is 5.91 Å². The second kappa shape index (κ2) is 8.55. The number of hydrogen-bond donors (Lipinski definition) is 1. The average molecular weight is 426 g/mol. The van der Waals surface area contributed by atoms with E-state index in [9.17, 15) is 9.59 Å². The van der Waals surface area contributed by atoms with E-state index < -0.39 is 0 Å². The second-order valence-electron chi connectivity index (χ2n) is 7.67. The highest BCUT2D eigenvalue weighted by molar-refractivity contribution is 6.05. The number of ether oxygens (including phenoxy) is 1. The molecule has 0 radical (unpaired) electrons. The van der Waals surface area contributed by atoms with E-state index in [0.29, 0.717) is 36.6 Å². The Morgan fingerprint density at radius 2 is 1.97 bits per heavy atom. The molecule has 0 unspecified atom stereocenters. The summed E-state index contributed by atoms with van der Waals surface area (Å²) in [4.78, 5) is 31.0. The van der Waals surface area contributed by atoms with Crippen molar-refractivity contribution in [3.63, 3.8) is 0 Å². The predicted octanol–water partition coefficient (Wildman–Crippen LogP) is 4.29. The lowest BCUT2D eigenvalue weighted by atomic mass is 10.1. The third-order valence-corrected chi connectivity index (χ3v) is 5.39. The number of benzene rings is 2. The van der Waals surface area contributed by atoms with Gasteiger partial charge >= 0.3 is 0 Å². The number of amides is 2. The summed E-state index contributed by atoms with van der Waals surface area (Å²) < 4.78 is 7.82. The van der Waals surface area contributed by atoms with Gasteiger partial charge in [-0.1, -0.05) is 18.2 Å². The van der Waals surface area contributed by atoms with Crippen molar-refractivity contribution >= 4 is 28.8 Å². The Hall–Kier alpha value is -4.13. The lowest BCUT2D eigenvalue weighted by Gasteiger charge is -2.16. The molecule has 0 bridgehead atoms. The third-order valence-electron chi connectivity index (χ3n) is 5.39. The van der Waals surface area contributed by atoms with Crippen LogP contribution in [0.2, 0.25) is 0 Å². The monoisotopic (exact) mass is 426 g/mol. The van der Waals surface area contributed by atoms with Crippen LogP contribution in [0.15, 0.2) is 79.1 Å². The first-order chi connectivity index (χ1) is 15.7. The number of hydrogen-bond acceptors (Lipinski definition) is 4. The summed E-state index contributed by atoms with van der Waals surface area (Å²) in [6.07, 6.45) is 5.27. The highest BCUT2D eigenvalue weighted by Crippen LogP contribution is 2.24. The molecule has 160 valence electrons. The highest BCUT2D eigenvalue weighted by Gasteiger charge is 2.22. The fraction of sp³-hybridized carbons (Fsp3) is 0.160. The number of nitrogens with one attached hydrogen (secondary N) is 1. The van der Waals surface area contributed by atoms with E-state index in [1.165, 1.54) is 0 Å². The van der Waals surface area contributed by atoms with Gasteiger partial charge in [0.2, 0.25) is 5.91 Å². The van der Waals surface area contributed by atoms with E-state index >= 15 is 0 Å². The van der Waals surface area contributed by atoms with Gasteiger partial charge in [-0.3, -0.25) is 9.59 Å². The van der Waals surface area contributed by atoms with Crippen molar-refractivity contribution in [1.29, 1.82) is 0 Å². The molecule has 5 rings (SSSR count). The van der Waals surface area contributed by atoms with E-state index in [1.807, 2.05) is 59.3 Å². The van der Waals surface area contributed by atoms with Crippen LogP contribution in [0.4, 0.5) is 11.4 Å². The number of fused-ring (bicyclic) bond motifs is 1. The Balaban J connectivity index is 1.25. The van der Waals surface area contributed by atoms with Gasteiger partial charge in [0, 0.05) is 48.4 Å². The van der Waals surface area contributed by atoms with Crippen molar-refractivity contribution in [2.24, 2.45) is 0 Å². The van der Waals surface area contributed by atoms with Gasteiger partial charge in [0.1, 0.15) is 18.0 Å². The number of nitrogens with zero attached hydrogens (tertiary/aromatic N) is 3.